The smallest absolute Gasteiger partial charge is 1.00 e. The van der Waals surface area contributed by atoms with Crippen molar-refractivity contribution < 1.29 is 35.5 Å². The van der Waals surface area contributed by atoms with Gasteiger partial charge in [0, 0.05) is 0 Å². The van der Waals surface area contributed by atoms with Crippen LogP contribution in [-0.4, -0.2) is 56.3 Å². The van der Waals surface area contributed by atoms with Gasteiger partial charge in [0.05, 0.1) is 0 Å². The van der Waals surface area contributed by atoms with Crippen molar-refractivity contribution in [3.63, 3.8) is 0 Å². The van der Waals surface area contributed by atoms with Crippen LogP contribution in [0.2, 0.25) is 0 Å². The minimum Gasteiger partial charge on any atom is -1.00 e. The van der Waals surface area contributed by atoms with E-state index in [-0.39, 0.29) is 31.0 Å². The van der Waals surface area contributed by atoms with Gasteiger partial charge in [-0.05, 0) is 42.3 Å². The summed E-state index contributed by atoms with van der Waals surface area (Å²) in [7, 11) is 8.49. The molecule has 0 aliphatic heterocycles. The van der Waals surface area contributed by atoms with Crippen LogP contribution in [0.5, 0.6) is 0 Å². The molecule has 70 valence electrons. The molecule has 0 unspecified atom stereocenters. The molecule has 0 spiro atoms. The Balaban J connectivity index is -0.000000500. The maximum Gasteiger partial charge on any atom is 1.00 e. The quantitative estimate of drug-likeness (QED) is 0.388. The van der Waals surface area contributed by atoms with Crippen LogP contribution in [0.4, 0.5) is 0 Å². The van der Waals surface area contributed by atoms with Gasteiger partial charge in [-0.2, -0.15) is 0 Å². The second-order valence-electron chi connectivity index (χ2n) is 3.05. The fourth-order valence-electron chi connectivity index (χ4n) is 1.07. The van der Waals surface area contributed by atoms with Crippen molar-refractivity contribution in [2.45, 2.75) is 0 Å². The summed E-state index contributed by atoms with van der Waals surface area (Å²) in [5, 5.41) is 0. The molecule has 0 aromatic heterocycles. The molecule has 0 atom stereocenters. The first-order chi connectivity index (χ1) is 4.83. The molecule has 0 aliphatic rings. The van der Waals surface area contributed by atoms with Gasteiger partial charge in [0.2, 0.25) is 0 Å². The van der Waals surface area contributed by atoms with Crippen molar-refractivity contribution in [2.24, 2.45) is 0 Å². The molecule has 0 aromatic rings. The predicted octanol–water partition coefficient (Wildman–Crippen LogP) is -2.10. The average molecular weight is 203 g/mol. The SMILES string of the molecule is CN(C)P(=O)(N(C)C)N(C)C.[H-].[Na+]. The minimum absolute atomic E-state index is 0. The van der Waals surface area contributed by atoms with Gasteiger partial charge in [-0.3, -0.25) is 4.57 Å². The van der Waals surface area contributed by atoms with Crippen LogP contribution in [0, 0.1) is 0 Å². The average Bonchev–Trinajstić information content (AvgIpc) is 1.84. The van der Waals surface area contributed by atoms with Gasteiger partial charge < -0.3 is 1.43 Å². The summed E-state index contributed by atoms with van der Waals surface area (Å²) in [4.78, 5) is 0. The van der Waals surface area contributed by atoms with Crippen LogP contribution in [0.3, 0.4) is 0 Å². The first-order valence-corrected chi connectivity index (χ1v) is 5.03. The zero-order valence-electron chi connectivity index (χ0n) is 10.2. The second-order valence-corrected chi connectivity index (χ2v) is 6.48. The predicted molar refractivity (Wildman–Crippen MR) is 49.8 cm³/mol. The fraction of sp³-hybridized carbons (Fsp3) is 1.00. The molecule has 0 N–H and O–H groups in total. The molecule has 4 nitrogen and oxygen atoms in total. The normalized spacial score (nSPS) is 12.4. The summed E-state index contributed by atoms with van der Waals surface area (Å²) in [5.41, 5.74) is 0. The first kappa shape index (κ1) is 15.6. The van der Waals surface area contributed by atoms with Crippen molar-refractivity contribution in [2.75, 3.05) is 42.3 Å². The van der Waals surface area contributed by atoms with Crippen molar-refractivity contribution in [1.82, 2.24) is 14.0 Å². The Morgan fingerprint density at radius 3 is 1.00 bits per heavy atom. The Bertz CT molecular complexity index is 149. The first-order valence-electron chi connectivity index (χ1n) is 3.47. The number of rotatable bonds is 3. The number of nitrogens with zero attached hydrogens (tertiary/aromatic N) is 3. The molecule has 0 radical (unpaired) electrons. The zero-order valence-corrected chi connectivity index (χ0v) is 12.1. The van der Waals surface area contributed by atoms with Gasteiger partial charge in [0.1, 0.15) is 0 Å². The molecule has 0 rings (SSSR count). The van der Waals surface area contributed by atoms with Crippen LogP contribution in [0.1, 0.15) is 1.43 Å². The van der Waals surface area contributed by atoms with E-state index in [2.05, 4.69) is 0 Å². The van der Waals surface area contributed by atoms with Crippen molar-refractivity contribution in [3.05, 3.63) is 0 Å². The topological polar surface area (TPSA) is 26.8 Å². The van der Waals surface area contributed by atoms with Crippen molar-refractivity contribution in [1.29, 1.82) is 0 Å². The molecule has 0 fully saturated rings. The zero-order chi connectivity index (χ0) is 9.23. The van der Waals surface area contributed by atoms with Gasteiger partial charge in [-0.25, -0.2) is 14.0 Å². The van der Waals surface area contributed by atoms with Crippen molar-refractivity contribution in [3.8, 4) is 0 Å². The summed E-state index contributed by atoms with van der Waals surface area (Å²) in [5.74, 6) is 0. The Labute approximate surface area is 99.2 Å². The Kier molecular flexibility index (Phi) is 7.48. The van der Waals surface area contributed by atoms with E-state index in [1.807, 2.05) is 42.3 Å². The third-order valence-electron chi connectivity index (χ3n) is 1.56. The third kappa shape index (κ3) is 3.11. The van der Waals surface area contributed by atoms with Crippen LogP contribution in [0.15, 0.2) is 0 Å². The summed E-state index contributed by atoms with van der Waals surface area (Å²) >= 11 is 0. The number of hydrogen-bond donors (Lipinski definition) is 0. The molecule has 0 aliphatic carbocycles. The van der Waals surface area contributed by atoms with Gasteiger partial charge in [0.25, 0.3) is 7.59 Å². The molecular weight excluding hydrogens is 184 g/mol. The van der Waals surface area contributed by atoms with Gasteiger partial charge in [0.15, 0.2) is 0 Å². The molecule has 0 amide bonds. The molecule has 0 aromatic carbocycles. The standard InChI is InChI=1S/C6H18N3OP.Na.H/c1-7(2)11(10,8(3)4)9(5)6;;/h1-6H3;;/q;+1;-1. The van der Waals surface area contributed by atoms with Gasteiger partial charge >= 0.3 is 29.6 Å². The van der Waals surface area contributed by atoms with E-state index in [4.69, 9.17) is 0 Å². The molecule has 0 saturated heterocycles. The van der Waals surface area contributed by atoms with E-state index in [1.54, 1.807) is 14.0 Å². The fourth-order valence-corrected chi connectivity index (χ4v) is 3.22. The van der Waals surface area contributed by atoms with Crippen molar-refractivity contribution >= 4 is 7.59 Å². The van der Waals surface area contributed by atoms with Crippen LogP contribution in [-0.2, 0) is 4.57 Å². The minimum atomic E-state index is -2.44. The Morgan fingerprint density at radius 2 is 1.00 bits per heavy atom. The van der Waals surface area contributed by atoms with Crippen LogP contribution < -0.4 is 29.6 Å². The molecule has 12 heavy (non-hydrogen) atoms. The maximum absolute atomic E-state index is 12.1. The van der Waals surface area contributed by atoms with Crippen LogP contribution >= 0.6 is 7.59 Å². The van der Waals surface area contributed by atoms with E-state index in [0.29, 0.717) is 0 Å². The summed E-state index contributed by atoms with van der Waals surface area (Å²) in [6, 6.07) is 0. The summed E-state index contributed by atoms with van der Waals surface area (Å²) < 4.78 is 17.3. The Morgan fingerprint density at radius 1 is 0.833 bits per heavy atom. The summed E-state index contributed by atoms with van der Waals surface area (Å²) in [6.45, 7) is 0. The monoisotopic (exact) mass is 203 g/mol. The third-order valence-corrected chi connectivity index (χ3v) is 4.69. The van der Waals surface area contributed by atoms with E-state index < -0.39 is 7.59 Å². The molecule has 6 heteroatoms. The van der Waals surface area contributed by atoms with E-state index in [1.165, 1.54) is 0 Å². The Hall–Kier alpha value is 1.11. The van der Waals surface area contributed by atoms with E-state index in [0.717, 1.165) is 0 Å². The van der Waals surface area contributed by atoms with Gasteiger partial charge in [-0.15, -0.1) is 0 Å². The van der Waals surface area contributed by atoms with Gasteiger partial charge in [-0.1, -0.05) is 0 Å². The molecule has 0 saturated carbocycles. The molecular formula is C6H19N3NaOP. The maximum atomic E-state index is 12.1. The van der Waals surface area contributed by atoms with E-state index >= 15 is 0 Å². The summed E-state index contributed by atoms with van der Waals surface area (Å²) in [6.07, 6.45) is 0. The molecule has 0 heterocycles. The second kappa shape index (κ2) is 5.76. The number of hydrogen-bond acceptors (Lipinski definition) is 1. The van der Waals surface area contributed by atoms with E-state index in [9.17, 15) is 4.57 Å². The largest absolute Gasteiger partial charge is 1.00 e. The molecule has 0 bridgehead atoms. The van der Waals surface area contributed by atoms with Crippen LogP contribution in [0.25, 0.3) is 0 Å².